The molecule has 0 saturated carbocycles. The van der Waals surface area contributed by atoms with E-state index in [0.29, 0.717) is 26.9 Å². The first-order chi connectivity index (χ1) is 8.52. The van der Waals surface area contributed by atoms with E-state index in [1.165, 1.54) is 0 Å². The normalized spacial score (nSPS) is 10.8. The van der Waals surface area contributed by atoms with Gasteiger partial charge >= 0.3 is 0 Å². The van der Waals surface area contributed by atoms with Crippen LogP contribution >= 0.6 is 31.9 Å². The number of H-pyrrole nitrogens is 1. The summed E-state index contributed by atoms with van der Waals surface area (Å²) in [4.78, 5) is 18.3. The molecular formula is C11H10Br2N2O3. The van der Waals surface area contributed by atoms with Crippen LogP contribution in [0.25, 0.3) is 11.6 Å². The molecule has 0 fully saturated rings. The molecule has 0 saturated heterocycles. The number of nitrogens with zero attached hydrogens (tertiary/aromatic N) is 1. The van der Waals surface area contributed by atoms with E-state index in [4.69, 9.17) is 4.42 Å². The van der Waals surface area contributed by atoms with E-state index in [1.807, 2.05) is 6.92 Å². The highest BCUT2D eigenvalue weighted by Crippen LogP contribution is 2.31. The van der Waals surface area contributed by atoms with Gasteiger partial charge in [0.05, 0.1) is 10.0 Å². The summed E-state index contributed by atoms with van der Waals surface area (Å²) >= 11 is 6.46. The second kappa shape index (κ2) is 5.27. The topological polar surface area (TPSA) is 79.1 Å². The molecule has 18 heavy (non-hydrogen) atoms. The molecule has 0 spiro atoms. The number of rotatable bonds is 3. The first-order valence-corrected chi connectivity index (χ1v) is 6.89. The zero-order valence-corrected chi connectivity index (χ0v) is 12.6. The summed E-state index contributed by atoms with van der Waals surface area (Å²) in [5.74, 6) is 0.312. The van der Waals surface area contributed by atoms with Crippen molar-refractivity contribution in [2.75, 3.05) is 0 Å². The SMILES string of the molecule is CCCc1c(O)nc(-c2cc(Br)c(Br)o2)[nH]c1=O. The minimum absolute atomic E-state index is 0.198. The molecule has 0 unspecified atom stereocenters. The third-order valence-electron chi connectivity index (χ3n) is 2.37. The Morgan fingerprint density at radius 1 is 1.50 bits per heavy atom. The van der Waals surface area contributed by atoms with Crippen molar-refractivity contribution in [3.63, 3.8) is 0 Å². The van der Waals surface area contributed by atoms with Crippen LogP contribution in [0.5, 0.6) is 5.88 Å². The fourth-order valence-electron chi connectivity index (χ4n) is 1.54. The summed E-state index contributed by atoms with van der Waals surface area (Å²) in [6.07, 6.45) is 1.25. The van der Waals surface area contributed by atoms with Gasteiger partial charge in [0.15, 0.2) is 16.3 Å². The highest BCUT2D eigenvalue weighted by atomic mass is 79.9. The molecule has 0 aliphatic carbocycles. The number of halogens is 2. The van der Waals surface area contributed by atoms with Gasteiger partial charge in [-0.25, -0.2) is 0 Å². The van der Waals surface area contributed by atoms with E-state index in [0.717, 1.165) is 6.42 Å². The Bertz CT molecular complexity index is 614. The van der Waals surface area contributed by atoms with Crippen LogP contribution < -0.4 is 5.56 Å². The van der Waals surface area contributed by atoms with Crippen LogP contribution in [0.4, 0.5) is 0 Å². The highest BCUT2D eigenvalue weighted by molar-refractivity contribution is 9.13. The van der Waals surface area contributed by atoms with Crippen LogP contribution in [-0.4, -0.2) is 15.1 Å². The number of nitrogens with one attached hydrogen (secondary N) is 1. The van der Waals surface area contributed by atoms with Gasteiger partial charge in [0.25, 0.3) is 5.56 Å². The maximum atomic E-state index is 11.8. The van der Waals surface area contributed by atoms with Crippen molar-refractivity contribution in [3.05, 3.63) is 31.1 Å². The van der Waals surface area contributed by atoms with Crippen molar-refractivity contribution in [2.45, 2.75) is 19.8 Å². The summed E-state index contributed by atoms with van der Waals surface area (Å²) in [6, 6.07) is 1.65. The van der Waals surface area contributed by atoms with Gasteiger partial charge in [0.2, 0.25) is 5.88 Å². The fourth-order valence-corrected chi connectivity index (χ4v) is 2.12. The fraction of sp³-hybridized carbons (Fsp3) is 0.273. The van der Waals surface area contributed by atoms with Crippen molar-refractivity contribution >= 4 is 31.9 Å². The number of aromatic hydroxyl groups is 1. The van der Waals surface area contributed by atoms with Crippen molar-refractivity contribution in [3.8, 4) is 17.5 Å². The third kappa shape index (κ3) is 2.51. The Morgan fingerprint density at radius 2 is 2.22 bits per heavy atom. The van der Waals surface area contributed by atoms with Gasteiger partial charge in [-0.3, -0.25) is 4.79 Å². The number of furan rings is 1. The molecule has 2 rings (SSSR count). The summed E-state index contributed by atoms with van der Waals surface area (Å²) in [7, 11) is 0. The van der Waals surface area contributed by atoms with Crippen LogP contribution in [-0.2, 0) is 6.42 Å². The standard InChI is InChI=1S/C11H10Br2N2O3/c1-2-3-5-10(16)14-9(15-11(5)17)7-4-6(12)8(13)18-7/h4H,2-3H2,1H3,(H2,14,15,16,17). The van der Waals surface area contributed by atoms with Crippen LogP contribution in [0, 0.1) is 0 Å². The second-order valence-electron chi connectivity index (χ2n) is 3.70. The van der Waals surface area contributed by atoms with Crippen LogP contribution in [0.15, 0.2) is 24.4 Å². The molecule has 0 amide bonds. The molecule has 96 valence electrons. The Hall–Kier alpha value is -1.08. The molecule has 7 heteroatoms. The van der Waals surface area contributed by atoms with E-state index in [2.05, 4.69) is 41.8 Å². The van der Waals surface area contributed by atoms with Gasteiger partial charge in [-0.15, -0.1) is 0 Å². The van der Waals surface area contributed by atoms with E-state index in [-0.39, 0.29) is 17.3 Å². The lowest BCUT2D eigenvalue weighted by Gasteiger charge is -2.02. The Balaban J connectivity index is 2.51. The summed E-state index contributed by atoms with van der Waals surface area (Å²) in [5.41, 5.74) is -0.0473. The van der Waals surface area contributed by atoms with E-state index in [9.17, 15) is 9.90 Å². The molecule has 2 aromatic heterocycles. The quantitative estimate of drug-likeness (QED) is 0.860. The average molecular weight is 378 g/mol. The van der Waals surface area contributed by atoms with Crippen LogP contribution in [0.2, 0.25) is 0 Å². The molecule has 0 radical (unpaired) electrons. The molecule has 2 aromatic rings. The minimum atomic E-state index is -0.344. The lowest BCUT2D eigenvalue weighted by Crippen LogP contribution is -2.14. The van der Waals surface area contributed by atoms with Gasteiger partial charge in [0.1, 0.15) is 0 Å². The van der Waals surface area contributed by atoms with Crippen molar-refractivity contribution < 1.29 is 9.52 Å². The van der Waals surface area contributed by atoms with E-state index >= 15 is 0 Å². The predicted octanol–water partition coefficient (Wildman–Crippen LogP) is 3.21. The van der Waals surface area contributed by atoms with Gasteiger partial charge in [0, 0.05) is 6.07 Å². The van der Waals surface area contributed by atoms with Gasteiger partial charge in [-0.2, -0.15) is 4.98 Å². The summed E-state index contributed by atoms with van der Waals surface area (Å²) in [6.45, 7) is 1.92. The Morgan fingerprint density at radius 3 is 2.72 bits per heavy atom. The maximum Gasteiger partial charge on any atom is 0.258 e. The Kier molecular flexibility index (Phi) is 3.91. The van der Waals surface area contributed by atoms with E-state index < -0.39 is 0 Å². The molecule has 0 atom stereocenters. The van der Waals surface area contributed by atoms with Crippen molar-refractivity contribution in [2.24, 2.45) is 0 Å². The van der Waals surface area contributed by atoms with Crippen molar-refractivity contribution in [1.82, 2.24) is 9.97 Å². The molecule has 0 aliphatic rings. The third-order valence-corrected chi connectivity index (χ3v) is 4.08. The summed E-state index contributed by atoms with van der Waals surface area (Å²) in [5, 5.41) is 9.74. The molecule has 0 aliphatic heterocycles. The number of aromatic amines is 1. The molecular weight excluding hydrogens is 368 g/mol. The zero-order valence-electron chi connectivity index (χ0n) is 9.46. The van der Waals surface area contributed by atoms with Gasteiger partial charge in [-0.05, 0) is 38.3 Å². The second-order valence-corrected chi connectivity index (χ2v) is 5.27. The van der Waals surface area contributed by atoms with Gasteiger partial charge < -0.3 is 14.5 Å². The van der Waals surface area contributed by atoms with Crippen LogP contribution in [0.1, 0.15) is 18.9 Å². The zero-order chi connectivity index (χ0) is 13.3. The van der Waals surface area contributed by atoms with Gasteiger partial charge in [-0.1, -0.05) is 13.3 Å². The number of hydrogen-bond donors (Lipinski definition) is 2. The molecule has 0 bridgehead atoms. The smallest absolute Gasteiger partial charge is 0.258 e. The largest absolute Gasteiger partial charge is 0.493 e. The first kappa shape index (κ1) is 13.4. The first-order valence-electron chi connectivity index (χ1n) is 5.30. The minimum Gasteiger partial charge on any atom is -0.493 e. The van der Waals surface area contributed by atoms with Crippen LogP contribution in [0.3, 0.4) is 0 Å². The van der Waals surface area contributed by atoms with E-state index in [1.54, 1.807) is 6.07 Å². The highest BCUT2D eigenvalue weighted by Gasteiger charge is 2.15. The molecule has 2 N–H and O–H groups in total. The number of hydrogen-bond acceptors (Lipinski definition) is 4. The van der Waals surface area contributed by atoms with Crippen molar-refractivity contribution in [1.29, 1.82) is 0 Å². The molecule has 5 nitrogen and oxygen atoms in total. The average Bonchev–Trinajstić information content (AvgIpc) is 2.64. The maximum absolute atomic E-state index is 11.8. The summed E-state index contributed by atoms with van der Waals surface area (Å²) < 4.78 is 6.54. The predicted molar refractivity (Wildman–Crippen MR) is 73.6 cm³/mol. The lowest BCUT2D eigenvalue weighted by molar-refractivity contribution is 0.441. The monoisotopic (exact) mass is 376 g/mol. The molecule has 0 aromatic carbocycles. The molecule has 2 heterocycles. The lowest BCUT2D eigenvalue weighted by atomic mass is 10.2. The Labute approximate surface area is 120 Å². The number of aromatic nitrogens is 2.